The molecule has 1 aliphatic carbocycles. The van der Waals surface area contributed by atoms with E-state index in [-0.39, 0.29) is 43.2 Å². The highest BCUT2D eigenvalue weighted by Gasteiger charge is 2.49. The third-order valence-corrected chi connectivity index (χ3v) is 9.93. The van der Waals surface area contributed by atoms with Gasteiger partial charge in [0.2, 0.25) is 17.6 Å². The van der Waals surface area contributed by atoms with Gasteiger partial charge in [-0.25, -0.2) is 0 Å². The molecule has 3 heterocycles. The van der Waals surface area contributed by atoms with Crippen molar-refractivity contribution < 1.29 is 33.4 Å². The maximum absolute atomic E-state index is 14.2. The predicted molar refractivity (Wildman–Crippen MR) is 177 cm³/mol. The number of Topliss-reactive ketones (excluding diaryl/α,β-unsaturated/α-hetero) is 1. The largest absolute Gasteiger partial charge is 0.496 e. The number of benzene rings is 2. The molecule has 0 spiro atoms. The van der Waals surface area contributed by atoms with Crippen molar-refractivity contribution in [2.45, 2.75) is 57.2 Å². The molecule has 1 saturated carbocycles. The van der Waals surface area contributed by atoms with Crippen molar-refractivity contribution >= 4 is 40.3 Å². The van der Waals surface area contributed by atoms with Crippen LogP contribution >= 0.6 is 0 Å². The fraction of sp³-hybridized carbons (Fsp3) is 0.472. The van der Waals surface area contributed by atoms with Crippen LogP contribution in [0.15, 0.2) is 54.6 Å². The quantitative estimate of drug-likeness (QED) is 0.163. The standard InChI is InChI=1S/C36H43N5O7/c1-47-30-13-7-12-27-26(30)19-29(39-27)36(46)41-20-24-10-5-6-11-25(24)31(41)34(44)40-28(18-23-14-15-37-33(23)43)32(42)35(45)38-16-17-48-21-22-8-3-2-4-9-22/h2-4,7-9,12-13,19,23-25,28,31,39H,5-6,10-11,14-18,20-21H2,1H3,(H,37,43)(H,38,45)(H,40,44)/t23-,24-,25-,28?,31-/m0/s1. The second-order valence-electron chi connectivity index (χ2n) is 12.9. The van der Waals surface area contributed by atoms with Crippen molar-refractivity contribution in [1.29, 1.82) is 0 Å². The molecular formula is C36H43N5O7. The monoisotopic (exact) mass is 657 g/mol. The Hall–Kier alpha value is -4.71. The number of hydrogen-bond donors (Lipinski definition) is 4. The number of nitrogens with zero attached hydrogens (tertiary/aromatic N) is 1. The van der Waals surface area contributed by atoms with Crippen molar-refractivity contribution in [3.8, 4) is 5.75 Å². The number of ether oxygens (including phenoxy) is 2. The number of carbonyl (C=O) groups is 5. The highest BCUT2D eigenvalue weighted by molar-refractivity contribution is 6.38. The zero-order chi connectivity index (χ0) is 33.6. The van der Waals surface area contributed by atoms with E-state index >= 15 is 0 Å². The highest BCUT2D eigenvalue weighted by Crippen LogP contribution is 2.41. The summed E-state index contributed by atoms with van der Waals surface area (Å²) in [5, 5.41) is 8.97. The van der Waals surface area contributed by atoms with Crippen molar-refractivity contribution in [2.75, 3.05) is 33.4 Å². The van der Waals surface area contributed by atoms with Gasteiger partial charge in [-0.1, -0.05) is 49.2 Å². The third-order valence-electron chi connectivity index (χ3n) is 9.93. The first kappa shape index (κ1) is 33.2. The van der Waals surface area contributed by atoms with Gasteiger partial charge in [0.05, 0.1) is 26.4 Å². The number of fused-ring (bicyclic) bond motifs is 2. The van der Waals surface area contributed by atoms with Crippen LogP contribution in [-0.2, 0) is 30.5 Å². The second-order valence-corrected chi connectivity index (χ2v) is 12.9. The average Bonchev–Trinajstić information content (AvgIpc) is 3.84. The maximum Gasteiger partial charge on any atom is 0.289 e. The Bertz CT molecular complexity index is 1660. The van der Waals surface area contributed by atoms with Gasteiger partial charge < -0.3 is 35.3 Å². The van der Waals surface area contributed by atoms with E-state index < -0.39 is 35.6 Å². The Balaban J connectivity index is 1.17. The molecule has 12 heteroatoms. The van der Waals surface area contributed by atoms with Crippen LogP contribution in [-0.4, -0.2) is 84.7 Å². The fourth-order valence-electron chi connectivity index (χ4n) is 7.49. The molecule has 1 aromatic heterocycles. The minimum atomic E-state index is -1.23. The molecule has 2 aromatic carbocycles. The maximum atomic E-state index is 14.2. The number of aromatic nitrogens is 1. The number of nitrogens with one attached hydrogen (secondary N) is 4. The van der Waals surface area contributed by atoms with Gasteiger partial charge in [-0.3, -0.25) is 24.0 Å². The molecule has 2 saturated heterocycles. The molecule has 4 amide bonds. The number of rotatable bonds is 13. The van der Waals surface area contributed by atoms with Crippen LogP contribution in [0, 0.1) is 17.8 Å². The lowest BCUT2D eigenvalue weighted by Gasteiger charge is -2.31. The van der Waals surface area contributed by atoms with Gasteiger partial charge in [-0.2, -0.15) is 0 Å². The molecule has 0 bridgehead atoms. The molecular weight excluding hydrogens is 614 g/mol. The zero-order valence-electron chi connectivity index (χ0n) is 27.2. The Morgan fingerprint density at radius 2 is 1.83 bits per heavy atom. The number of amides is 4. The number of likely N-dealkylation sites (tertiary alicyclic amines) is 1. The summed E-state index contributed by atoms with van der Waals surface area (Å²) in [5.41, 5.74) is 2.07. The van der Waals surface area contributed by atoms with Gasteiger partial charge in [-0.05, 0) is 61.3 Å². The van der Waals surface area contributed by atoms with E-state index in [1.807, 2.05) is 48.5 Å². The number of hydrogen-bond acceptors (Lipinski definition) is 7. The first-order valence-corrected chi connectivity index (χ1v) is 16.8. The van der Waals surface area contributed by atoms with Gasteiger partial charge in [0, 0.05) is 36.5 Å². The number of H-pyrrole nitrogens is 1. The number of carbonyl (C=O) groups excluding carboxylic acids is 5. The van der Waals surface area contributed by atoms with E-state index in [0.717, 1.165) is 42.1 Å². The van der Waals surface area contributed by atoms with Crippen molar-refractivity contribution in [2.24, 2.45) is 17.8 Å². The van der Waals surface area contributed by atoms with Crippen molar-refractivity contribution in [1.82, 2.24) is 25.8 Å². The van der Waals surface area contributed by atoms with Gasteiger partial charge in [0.1, 0.15) is 17.5 Å². The molecule has 3 fully saturated rings. The van der Waals surface area contributed by atoms with E-state index in [2.05, 4.69) is 20.9 Å². The average molecular weight is 658 g/mol. The summed E-state index contributed by atoms with van der Waals surface area (Å²) in [5.74, 6) is -2.52. The number of methoxy groups -OCH3 is 1. The van der Waals surface area contributed by atoms with E-state index in [1.165, 1.54) is 0 Å². The van der Waals surface area contributed by atoms with E-state index in [0.29, 0.717) is 37.6 Å². The fourth-order valence-corrected chi connectivity index (χ4v) is 7.49. The molecule has 254 valence electrons. The second kappa shape index (κ2) is 15.0. The molecule has 3 aliphatic rings. The molecule has 2 aliphatic heterocycles. The van der Waals surface area contributed by atoms with Crippen LogP contribution in [0.2, 0.25) is 0 Å². The van der Waals surface area contributed by atoms with Crippen molar-refractivity contribution in [3.05, 3.63) is 65.9 Å². The predicted octanol–water partition coefficient (Wildman–Crippen LogP) is 2.72. The lowest BCUT2D eigenvalue weighted by Crippen LogP contribution is -2.55. The zero-order valence-corrected chi connectivity index (χ0v) is 27.2. The van der Waals surface area contributed by atoms with Crippen LogP contribution in [0.25, 0.3) is 10.9 Å². The number of aromatic amines is 1. The van der Waals surface area contributed by atoms with Gasteiger partial charge in [-0.15, -0.1) is 0 Å². The molecule has 5 atom stereocenters. The molecule has 0 radical (unpaired) electrons. The Labute approximate surface area is 279 Å². The normalized spacial score (nSPS) is 22.5. The van der Waals surface area contributed by atoms with Gasteiger partial charge in [0.15, 0.2) is 0 Å². The highest BCUT2D eigenvalue weighted by atomic mass is 16.5. The van der Waals surface area contributed by atoms with E-state index in [1.54, 1.807) is 18.1 Å². The SMILES string of the molecule is COc1cccc2[nH]c(C(=O)N3C[C@@H]4CCCC[C@@H]4[C@H]3C(=O)NC(C[C@@H]3CCNC3=O)C(=O)C(=O)NCCOCc3ccccc3)cc12. The summed E-state index contributed by atoms with van der Waals surface area (Å²) < 4.78 is 11.1. The van der Waals surface area contributed by atoms with Crippen molar-refractivity contribution in [3.63, 3.8) is 0 Å². The van der Waals surface area contributed by atoms with E-state index in [4.69, 9.17) is 9.47 Å². The third kappa shape index (κ3) is 7.23. The molecule has 6 rings (SSSR count). The topological polar surface area (TPSA) is 159 Å². The molecule has 1 unspecified atom stereocenters. The Kier molecular flexibility index (Phi) is 10.4. The first-order valence-electron chi connectivity index (χ1n) is 16.8. The minimum absolute atomic E-state index is 0.00902. The Morgan fingerprint density at radius 3 is 2.60 bits per heavy atom. The molecule has 12 nitrogen and oxygen atoms in total. The van der Waals surface area contributed by atoms with Crippen LogP contribution < -0.4 is 20.7 Å². The number of ketones is 1. The summed E-state index contributed by atoms with van der Waals surface area (Å²) in [6, 6.07) is 14.8. The minimum Gasteiger partial charge on any atom is -0.496 e. The molecule has 48 heavy (non-hydrogen) atoms. The van der Waals surface area contributed by atoms with Crippen LogP contribution in [0.5, 0.6) is 5.75 Å². The Morgan fingerprint density at radius 1 is 1.02 bits per heavy atom. The molecule has 3 aromatic rings. The van der Waals surface area contributed by atoms with Gasteiger partial charge in [0.25, 0.3) is 11.8 Å². The van der Waals surface area contributed by atoms with Crippen LogP contribution in [0.1, 0.15) is 54.6 Å². The summed E-state index contributed by atoms with van der Waals surface area (Å²) in [4.78, 5) is 72.2. The van der Waals surface area contributed by atoms with Crippen LogP contribution in [0.4, 0.5) is 0 Å². The van der Waals surface area contributed by atoms with Gasteiger partial charge >= 0.3 is 0 Å². The van der Waals surface area contributed by atoms with E-state index in [9.17, 15) is 24.0 Å². The molecule has 4 N–H and O–H groups in total. The summed E-state index contributed by atoms with van der Waals surface area (Å²) in [7, 11) is 1.57. The summed E-state index contributed by atoms with van der Waals surface area (Å²) >= 11 is 0. The lowest BCUT2D eigenvalue weighted by atomic mass is 9.78. The van der Waals surface area contributed by atoms with Crippen LogP contribution in [0.3, 0.4) is 0 Å². The lowest BCUT2D eigenvalue weighted by molar-refractivity contribution is -0.141. The summed E-state index contributed by atoms with van der Waals surface area (Å²) in [6.07, 6.45) is 4.13. The first-order chi connectivity index (χ1) is 23.3. The summed E-state index contributed by atoms with van der Waals surface area (Å²) in [6.45, 7) is 1.54. The smallest absolute Gasteiger partial charge is 0.289 e.